The van der Waals surface area contributed by atoms with Gasteiger partial charge in [0, 0.05) is 34.1 Å². The van der Waals surface area contributed by atoms with Gasteiger partial charge in [-0.3, -0.25) is 0 Å². The molecule has 176 valence electrons. The van der Waals surface area contributed by atoms with Gasteiger partial charge in [0.1, 0.15) is 11.6 Å². The molecule has 5 rings (SSSR count). The summed E-state index contributed by atoms with van der Waals surface area (Å²) in [4.78, 5) is 9.56. The van der Waals surface area contributed by atoms with Crippen LogP contribution in [0.5, 0.6) is 0 Å². The molecule has 6 nitrogen and oxygen atoms in total. The van der Waals surface area contributed by atoms with Gasteiger partial charge in [0.2, 0.25) is 5.95 Å². The summed E-state index contributed by atoms with van der Waals surface area (Å²) >= 11 is 12.2. The molecule has 0 amide bonds. The summed E-state index contributed by atoms with van der Waals surface area (Å²) in [7, 11) is 0. The van der Waals surface area contributed by atoms with E-state index in [9.17, 15) is 0 Å². The standard InChI is InChI=1S/C27H23Cl2N5O/c1-16-25(17(2)35-34-16)20-8-11-24-23(13-20)26(30-15-19-4-3-5-22(29)12-19)33-27(32-24)31-14-18-6-9-21(28)10-7-18/h3-13H,14-15H2,1-2H3,(H2,30,31,32,33). The zero-order valence-electron chi connectivity index (χ0n) is 19.3. The summed E-state index contributed by atoms with van der Waals surface area (Å²) < 4.78 is 5.38. The van der Waals surface area contributed by atoms with Crippen molar-refractivity contribution in [2.45, 2.75) is 26.9 Å². The Hall–Kier alpha value is -3.61. The number of hydrogen-bond acceptors (Lipinski definition) is 6. The first kappa shape index (κ1) is 23.1. The second-order valence-corrected chi connectivity index (χ2v) is 9.16. The fourth-order valence-corrected chi connectivity index (χ4v) is 4.35. The summed E-state index contributed by atoms with van der Waals surface area (Å²) in [5.74, 6) is 2.03. The van der Waals surface area contributed by atoms with Crippen molar-refractivity contribution < 1.29 is 4.52 Å². The maximum absolute atomic E-state index is 6.18. The highest BCUT2D eigenvalue weighted by molar-refractivity contribution is 6.30. The molecule has 35 heavy (non-hydrogen) atoms. The Labute approximate surface area is 213 Å². The quantitative estimate of drug-likeness (QED) is 0.240. The molecule has 0 fully saturated rings. The number of benzene rings is 3. The molecule has 3 aromatic carbocycles. The van der Waals surface area contributed by atoms with E-state index >= 15 is 0 Å². The molecule has 2 N–H and O–H groups in total. The Bertz CT molecular complexity index is 1480. The molecular formula is C27H23Cl2N5O. The third kappa shape index (κ3) is 5.24. The van der Waals surface area contributed by atoms with Crippen molar-refractivity contribution in [3.63, 3.8) is 0 Å². The molecule has 0 spiro atoms. The summed E-state index contributed by atoms with van der Waals surface area (Å²) in [6.45, 7) is 5.00. The van der Waals surface area contributed by atoms with Crippen molar-refractivity contribution in [3.8, 4) is 11.1 Å². The number of aromatic nitrogens is 3. The van der Waals surface area contributed by atoms with Crippen LogP contribution in [-0.2, 0) is 13.1 Å². The maximum Gasteiger partial charge on any atom is 0.225 e. The van der Waals surface area contributed by atoms with Crippen LogP contribution in [0.15, 0.2) is 71.3 Å². The van der Waals surface area contributed by atoms with Crippen LogP contribution in [0, 0.1) is 13.8 Å². The Kier molecular flexibility index (Phi) is 6.57. The van der Waals surface area contributed by atoms with Crippen molar-refractivity contribution in [1.29, 1.82) is 0 Å². The van der Waals surface area contributed by atoms with Crippen LogP contribution in [0.2, 0.25) is 10.0 Å². The average molecular weight is 504 g/mol. The topological polar surface area (TPSA) is 75.9 Å². The van der Waals surface area contributed by atoms with Gasteiger partial charge in [-0.05, 0) is 66.9 Å². The van der Waals surface area contributed by atoms with Crippen LogP contribution in [-0.4, -0.2) is 15.1 Å². The summed E-state index contributed by atoms with van der Waals surface area (Å²) in [6, 6.07) is 21.6. The van der Waals surface area contributed by atoms with Crippen molar-refractivity contribution in [2.75, 3.05) is 10.6 Å². The lowest BCUT2D eigenvalue weighted by Gasteiger charge is -2.13. The third-order valence-electron chi connectivity index (χ3n) is 5.73. The number of hydrogen-bond donors (Lipinski definition) is 2. The van der Waals surface area contributed by atoms with E-state index in [4.69, 9.17) is 37.7 Å². The van der Waals surface area contributed by atoms with Gasteiger partial charge in [-0.25, -0.2) is 4.98 Å². The normalized spacial score (nSPS) is 11.1. The first-order valence-electron chi connectivity index (χ1n) is 11.2. The molecule has 2 aromatic heterocycles. The minimum atomic E-state index is 0.533. The number of aryl methyl sites for hydroxylation is 2. The van der Waals surface area contributed by atoms with Gasteiger partial charge < -0.3 is 15.2 Å². The van der Waals surface area contributed by atoms with Gasteiger partial charge in [-0.2, -0.15) is 4.98 Å². The van der Waals surface area contributed by atoms with Crippen molar-refractivity contribution in [2.24, 2.45) is 0 Å². The van der Waals surface area contributed by atoms with Gasteiger partial charge in [-0.1, -0.05) is 58.7 Å². The fourth-order valence-electron chi connectivity index (χ4n) is 4.01. The van der Waals surface area contributed by atoms with Gasteiger partial charge in [0.25, 0.3) is 0 Å². The highest BCUT2D eigenvalue weighted by atomic mass is 35.5. The molecule has 0 aliphatic rings. The van der Waals surface area contributed by atoms with Gasteiger partial charge >= 0.3 is 0 Å². The van der Waals surface area contributed by atoms with Crippen LogP contribution in [0.3, 0.4) is 0 Å². The van der Waals surface area contributed by atoms with E-state index in [1.165, 1.54) is 0 Å². The Morgan fingerprint density at radius 2 is 1.60 bits per heavy atom. The molecule has 5 aromatic rings. The first-order chi connectivity index (χ1) is 17.0. The van der Waals surface area contributed by atoms with E-state index in [0.717, 1.165) is 50.4 Å². The molecule has 0 radical (unpaired) electrons. The minimum absolute atomic E-state index is 0.533. The first-order valence-corrected chi connectivity index (χ1v) is 11.9. The zero-order chi connectivity index (χ0) is 24.4. The van der Waals surface area contributed by atoms with Crippen LogP contribution in [0.25, 0.3) is 22.0 Å². The number of anilines is 2. The van der Waals surface area contributed by atoms with Crippen LogP contribution >= 0.6 is 23.2 Å². The van der Waals surface area contributed by atoms with Crippen LogP contribution < -0.4 is 10.6 Å². The molecule has 0 aliphatic carbocycles. The summed E-state index contributed by atoms with van der Waals surface area (Å²) in [5, 5.41) is 13.2. The molecule has 0 saturated carbocycles. The second-order valence-electron chi connectivity index (χ2n) is 8.29. The van der Waals surface area contributed by atoms with E-state index in [2.05, 4.69) is 21.9 Å². The van der Waals surface area contributed by atoms with Crippen molar-refractivity contribution in [1.82, 2.24) is 15.1 Å². The van der Waals surface area contributed by atoms with Gasteiger partial charge in [0.05, 0.1) is 11.2 Å². The smallest absolute Gasteiger partial charge is 0.225 e. The molecule has 8 heteroatoms. The molecule has 2 heterocycles. The van der Waals surface area contributed by atoms with Gasteiger partial charge in [0.15, 0.2) is 0 Å². The van der Waals surface area contributed by atoms with Crippen LogP contribution in [0.4, 0.5) is 11.8 Å². The Morgan fingerprint density at radius 3 is 2.34 bits per heavy atom. The number of nitrogens with zero attached hydrogens (tertiary/aromatic N) is 3. The van der Waals surface area contributed by atoms with Gasteiger partial charge in [-0.15, -0.1) is 0 Å². The van der Waals surface area contributed by atoms with Crippen molar-refractivity contribution >= 4 is 45.9 Å². The largest absolute Gasteiger partial charge is 0.365 e. The van der Waals surface area contributed by atoms with E-state index in [0.29, 0.717) is 29.1 Å². The number of rotatable bonds is 7. The molecule has 0 unspecified atom stereocenters. The highest BCUT2D eigenvalue weighted by Crippen LogP contribution is 2.32. The van der Waals surface area contributed by atoms with E-state index in [-0.39, 0.29) is 0 Å². The molecular weight excluding hydrogens is 481 g/mol. The number of halogens is 2. The van der Waals surface area contributed by atoms with E-state index < -0.39 is 0 Å². The highest BCUT2D eigenvalue weighted by Gasteiger charge is 2.15. The predicted molar refractivity (Wildman–Crippen MR) is 142 cm³/mol. The molecule has 0 saturated heterocycles. The minimum Gasteiger partial charge on any atom is -0.365 e. The lowest BCUT2D eigenvalue weighted by molar-refractivity contribution is 0.393. The Balaban J connectivity index is 1.51. The molecule has 0 aliphatic heterocycles. The van der Waals surface area contributed by atoms with Crippen LogP contribution in [0.1, 0.15) is 22.6 Å². The third-order valence-corrected chi connectivity index (χ3v) is 6.22. The molecule has 0 atom stereocenters. The predicted octanol–water partition coefficient (Wildman–Crippen LogP) is 7.43. The van der Waals surface area contributed by atoms with E-state index in [1.807, 2.05) is 74.5 Å². The summed E-state index contributed by atoms with van der Waals surface area (Å²) in [5.41, 5.74) is 5.80. The maximum atomic E-state index is 6.18. The van der Waals surface area contributed by atoms with E-state index in [1.54, 1.807) is 0 Å². The summed E-state index contributed by atoms with van der Waals surface area (Å²) in [6.07, 6.45) is 0. The number of nitrogens with one attached hydrogen (secondary N) is 2. The fraction of sp³-hybridized carbons (Fsp3) is 0.148. The lowest BCUT2D eigenvalue weighted by atomic mass is 10.0. The average Bonchev–Trinajstić information content (AvgIpc) is 3.19. The monoisotopic (exact) mass is 503 g/mol. The second kappa shape index (κ2) is 9.94. The Morgan fingerprint density at radius 1 is 0.800 bits per heavy atom. The SMILES string of the molecule is Cc1noc(C)c1-c1ccc2nc(NCc3ccc(Cl)cc3)nc(NCc3cccc(Cl)c3)c2c1. The molecule has 0 bridgehead atoms. The van der Waals surface area contributed by atoms with Crippen molar-refractivity contribution in [3.05, 3.63) is 99.4 Å². The zero-order valence-corrected chi connectivity index (χ0v) is 20.8. The number of fused-ring (bicyclic) bond motifs is 1. The lowest BCUT2D eigenvalue weighted by Crippen LogP contribution is -2.08.